The number of aryl methyl sites for hydroxylation is 2. The number of hydrogen-bond donors (Lipinski definition) is 2. The van der Waals surface area contributed by atoms with E-state index in [1.54, 1.807) is 0 Å². The molecule has 0 unspecified atom stereocenters. The number of benzene rings is 1. The number of amides is 3. The Morgan fingerprint density at radius 2 is 1.86 bits per heavy atom. The number of nitrogens with one attached hydrogen (secondary N) is 2. The molecule has 3 amide bonds. The Labute approximate surface area is 125 Å². The summed E-state index contributed by atoms with van der Waals surface area (Å²) in [7, 11) is 0. The van der Waals surface area contributed by atoms with E-state index in [0.717, 1.165) is 42.7 Å². The van der Waals surface area contributed by atoms with Crippen LogP contribution in [0.5, 0.6) is 0 Å². The summed E-state index contributed by atoms with van der Waals surface area (Å²) < 4.78 is 0. The molecule has 0 bridgehead atoms. The molecule has 0 aromatic heterocycles. The van der Waals surface area contributed by atoms with Gasteiger partial charge in [-0.25, -0.2) is 4.79 Å². The first kappa shape index (κ1) is 15.5. The minimum Gasteiger partial charge on any atom is -0.307 e. The summed E-state index contributed by atoms with van der Waals surface area (Å²) in [5, 5.41) is 5.10. The molecule has 114 valence electrons. The van der Waals surface area contributed by atoms with Crippen molar-refractivity contribution in [2.75, 3.05) is 25.0 Å². The lowest BCUT2D eigenvalue weighted by molar-refractivity contribution is -0.121. The van der Waals surface area contributed by atoms with Crippen LogP contribution >= 0.6 is 0 Å². The molecule has 1 aromatic rings. The minimum atomic E-state index is -0.469. The highest BCUT2D eigenvalue weighted by atomic mass is 16.2. The lowest BCUT2D eigenvalue weighted by Gasteiger charge is -2.25. The third-order valence-electron chi connectivity index (χ3n) is 3.70. The van der Waals surface area contributed by atoms with Gasteiger partial charge in [0.25, 0.3) is 0 Å². The predicted octanol–water partition coefficient (Wildman–Crippen LogP) is 2.44. The first-order valence-corrected chi connectivity index (χ1v) is 7.45. The summed E-state index contributed by atoms with van der Waals surface area (Å²) in [5.74, 6) is -0.251. The number of imide groups is 1. The molecule has 2 N–H and O–H groups in total. The predicted molar refractivity (Wildman–Crippen MR) is 83.4 cm³/mol. The molecular weight excluding hydrogens is 266 g/mol. The second-order valence-electron chi connectivity index (χ2n) is 5.66. The minimum absolute atomic E-state index is 0.251. The molecule has 0 saturated carbocycles. The van der Waals surface area contributed by atoms with Crippen LogP contribution in [0.1, 0.15) is 30.4 Å². The van der Waals surface area contributed by atoms with Gasteiger partial charge in [0.05, 0.1) is 6.54 Å². The summed E-state index contributed by atoms with van der Waals surface area (Å²) >= 11 is 0. The Hall–Kier alpha value is -1.88. The molecule has 1 aromatic carbocycles. The summed E-state index contributed by atoms with van der Waals surface area (Å²) in [5.41, 5.74) is 2.84. The molecular formula is C16H23N3O2. The fourth-order valence-corrected chi connectivity index (χ4v) is 2.59. The van der Waals surface area contributed by atoms with Crippen molar-refractivity contribution in [1.82, 2.24) is 10.2 Å². The van der Waals surface area contributed by atoms with E-state index in [-0.39, 0.29) is 5.91 Å². The van der Waals surface area contributed by atoms with Crippen LogP contribution < -0.4 is 10.6 Å². The molecule has 0 atom stereocenters. The number of likely N-dealkylation sites (tertiary alicyclic amines) is 1. The van der Waals surface area contributed by atoms with Crippen molar-refractivity contribution in [2.45, 2.75) is 33.1 Å². The summed E-state index contributed by atoms with van der Waals surface area (Å²) in [6.45, 7) is 6.09. The van der Waals surface area contributed by atoms with E-state index >= 15 is 0 Å². The highest BCUT2D eigenvalue weighted by Gasteiger charge is 2.15. The Bertz CT molecular complexity index is 522. The number of piperidine rings is 1. The van der Waals surface area contributed by atoms with Gasteiger partial charge in [-0.1, -0.05) is 24.1 Å². The molecule has 1 fully saturated rings. The van der Waals surface area contributed by atoms with Crippen LogP contribution in [-0.2, 0) is 4.79 Å². The van der Waals surface area contributed by atoms with E-state index in [4.69, 9.17) is 0 Å². The molecule has 5 nitrogen and oxygen atoms in total. The molecule has 1 heterocycles. The van der Waals surface area contributed by atoms with Gasteiger partial charge in [-0.2, -0.15) is 0 Å². The Kier molecular flexibility index (Phi) is 5.33. The second-order valence-corrected chi connectivity index (χ2v) is 5.66. The molecule has 1 saturated heterocycles. The van der Waals surface area contributed by atoms with E-state index in [9.17, 15) is 9.59 Å². The van der Waals surface area contributed by atoms with Gasteiger partial charge >= 0.3 is 6.03 Å². The topological polar surface area (TPSA) is 61.4 Å². The normalized spacial score (nSPS) is 15.5. The van der Waals surface area contributed by atoms with E-state index in [2.05, 4.69) is 15.5 Å². The smallest absolute Gasteiger partial charge is 0.307 e. The number of carbonyl (C=O) groups is 2. The van der Waals surface area contributed by atoms with Gasteiger partial charge in [0, 0.05) is 5.69 Å². The Morgan fingerprint density at radius 1 is 1.14 bits per heavy atom. The first-order valence-electron chi connectivity index (χ1n) is 7.45. The van der Waals surface area contributed by atoms with Gasteiger partial charge in [0.2, 0.25) is 5.91 Å². The average Bonchev–Trinajstić information content (AvgIpc) is 2.43. The van der Waals surface area contributed by atoms with Gasteiger partial charge in [-0.05, 0) is 51.4 Å². The van der Waals surface area contributed by atoms with Crippen molar-refractivity contribution in [3.8, 4) is 0 Å². The lowest BCUT2D eigenvalue weighted by Crippen LogP contribution is -2.43. The first-order chi connectivity index (χ1) is 10.0. The van der Waals surface area contributed by atoms with Crippen LogP contribution in [-0.4, -0.2) is 36.5 Å². The number of hydrogen-bond acceptors (Lipinski definition) is 3. The van der Waals surface area contributed by atoms with Crippen molar-refractivity contribution in [3.05, 3.63) is 29.3 Å². The van der Waals surface area contributed by atoms with Crippen molar-refractivity contribution < 1.29 is 9.59 Å². The van der Waals surface area contributed by atoms with E-state index in [0.29, 0.717) is 6.54 Å². The average molecular weight is 289 g/mol. The van der Waals surface area contributed by atoms with Crippen LogP contribution in [0.2, 0.25) is 0 Å². The molecule has 0 aliphatic carbocycles. The number of urea groups is 1. The zero-order valence-electron chi connectivity index (χ0n) is 12.7. The quantitative estimate of drug-likeness (QED) is 0.898. The van der Waals surface area contributed by atoms with Gasteiger partial charge in [-0.3, -0.25) is 15.0 Å². The number of anilines is 1. The van der Waals surface area contributed by atoms with Gasteiger partial charge in [-0.15, -0.1) is 0 Å². The largest absolute Gasteiger partial charge is 0.325 e. The number of nitrogens with zero attached hydrogens (tertiary/aromatic N) is 1. The van der Waals surface area contributed by atoms with E-state index in [1.165, 1.54) is 6.42 Å². The number of carbonyl (C=O) groups excluding carboxylic acids is 2. The zero-order chi connectivity index (χ0) is 15.2. The van der Waals surface area contributed by atoms with Crippen molar-refractivity contribution in [2.24, 2.45) is 0 Å². The fourth-order valence-electron chi connectivity index (χ4n) is 2.59. The van der Waals surface area contributed by atoms with Crippen molar-refractivity contribution in [3.63, 3.8) is 0 Å². The van der Waals surface area contributed by atoms with Gasteiger partial charge in [0.15, 0.2) is 0 Å². The van der Waals surface area contributed by atoms with Crippen molar-refractivity contribution >= 4 is 17.6 Å². The van der Waals surface area contributed by atoms with Gasteiger partial charge in [0.1, 0.15) is 0 Å². The summed E-state index contributed by atoms with van der Waals surface area (Å²) in [6, 6.07) is 5.30. The third kappa shape index (κ3) is 4.86. The highest BCUT2D eigenvalue weighted by Crippen LogP contribution is 2.15. The molecule has 0 spiro atoms. The van der Waals surface area contributed by atoms with Crippen LogP contribution in [0.3, 0.4) is 0 Å². The maximum absolute atomic E-state index is 11.8. The Morgan fingerprint density at radius 3 is 2.52 bits per heavy atom. The number of rotatable bonds is 3. The molecule has 5 heteroatoms. The van der Waals surface area contributed by atoms with Crippen LogP contribution in [0, 0.1) is 13.8 Å². The highest BCUT2D eigenvalue weighted by molar-refractivity contribution is 6.02. The maximum Gasteiger partial charge on any atom is 0.325 e. The third-order valence-corrected chi connectivity index (χ3v) is 3.70. The maximum atomic E-state index is 11.8. The Balaban J connectivity index is 1.81. The zero-order valence-corrected chi connectivity index (χ0v) is 12.7. The summed E-state index contributed by atoms with van der Waals surface area (Å²) in [6.07, 6.45) is 3.48. The second kappa shape index (κ2) is 7.22. The van der Waals surface area contributed by atoms with E-state index < -0.39 is 6.03 Å². The molecule has 2 rings (SSSR count). The van der Waals surface area contributed by atoms with Crippen LogP contribution in [0.4, 0.5) is 10.5 Å². The van der Waals surface area contributed by atoms with E-state index in [1.807, 2.05) is 32.0 Å². The lowest BCUT2D eigenvalue weighted by atomic mass is 10.1. The summed E-state index contributed by atoms with van der Waals surface area (Å²) in [4.78, 5) is 25.8. The monoisotopic (exact) mass is 289 g/mol. The van der Waals surface area contributed by atoms with Crippen LogP contribution in [0.25, 0.3) is 0 Å². The van der Waals surface area contributed by atoms with Crippen LogP contribution in [0.15, 0.2) is 18.2 Å². The molecule has 0 radical (unpaired) electrons. The van der Waals surface area contributed by atoms with Gasteiger partial charge < -0.3 is 5.32 Å². The standard InChI is InChI=1S/C16H23N3O2/c1-12-6-7-14(13(2)10-12)17-16(21)18-15(20)11-19-8-4-3-5-9-19/h6-7,10H,3-5,8-9,11H2,1-2H3,(H2,17,18,20,21). The molecule has 21 heavy (non-hydrogen) atoms. The SMILES string of the molecule is Cc1ccc(NC(=O)NC(=O)CN2CCCCC2)c(C)c1. The molecule has 1 aliphatic rings. The fraction of sp³-hybridized carbons (Fsp3) is 0.500. The molecule has 1 aliphatic heterocycles. The van der Waals surface area contributed by atoms with Crippen molar-refractivity contribution in [1.29, 1.82) is 0 Å².